The summed E-state index contributed by atoms with van der Waals surface area (Å²) in [6.45, 7) is 11.6. The normalized spacial score (nSPS) is 28.4. The maximum absolute atomic E-state index is 5.98. The highest BCUT2D eigenvalue weighted by atomic mass is 15.2. The Balaban J connectivity index is 2.30. The summed E-state index contributed by atoms with van der Waals surface area (Å²) in [5.74, 6) is 8.26. The molecular formula is C19H32N2. The molecule has 2 heteroatoms. The van der Waals surface area contributed by atoms with Crippen LogP contribution in [0, 0.1) is 17.8 Å². The molecule has 2 nitrogen and oxygen atoms in total. The van der Waals surface area contributed by atoms with E-state index in [4.69, 9.17) is 5.84 Å². The van der Waals surface area contributed by atoms with Crippen LogP contribution in [0.1, 0.15) is 71.0 Å². The summed E-state index contributed by atoms with van der Waals surface area (Å²) in [6, 6.07) is 9.07. The van der Waals surface area contributed by atoms with E-state index in [9.17, 15) is 0 Å². The maximum atomic E-state index is 5.98. The first-order valence-corrected chi connectivity index (χ1v) is 8.40. The highest BCUT2D eigenvalue weighted by Crippen LogP contribution is 2.41. The number of hydrazine groups is 1. The average molecular weight is 288 g/mol. The minimum absolute atomic E-state index is 0.152. The Bertz CT molecular complexity index is 461. The lowest BCUT2D eigenvalue weighted by Gasteiger charge is -2.38. The van der Waals surface area contributed by atoms with Crippen molar-refractivity contribution in [2.45, 2.75) is 65.3 Å². The van der Waals surface area contributed by atoms with Crippen molar-refractivity contribution in [3.05, 3.63) is 35.4 Å². The van der Waals surface area contributed by atoms with E-state index in [1.54, 1.807) is 0 Å². The van der Waals surface area contributed by atoms with Gasteiger partial charge >= 0.3 is 0 Å². The van der Waals surface area contributed by atoms with Gasteiger partial charge in [-0.05, 0) is 47.1 Å². The molecule has 4 atom stereocenters. The maximum Gasteiger partial charge on any atom is 0.0491 e. The molecule has 0 saturated heterocycles. The van der Waals surface area contributed by atoms with E-state index in [0.29, 0.717) is 5.92 Å². The molecule has 1 saturated carbocycles. The van der Waals surface area contributed by atoms with Gasteiger partial charge in [0.25, 0.3) is 0 Å². The number of rotatable bonds is 3. The second kappa shape index (κ2) is 6.50. The lowest BCUT2D eigenvalue weighted by atomic mass is 9.70. The van der Waals surface area contributed by atoms with Crippen LogP contribution >= 0.6 is 0 Å². The van der Waals surface area contributed by atoms with E-state index in [-0.39, 0.29) is 11.5 Å². The molecule has 0 bridgehead atoms. The minimum Gasteiger partial charge on any atom is -0.271 e. The number of benzene rings is 1. The standard InChI is InChI=1S/C19H32N2/c1-13-10-11-15(12-14(13)2)18(21-20)16-8-6-7-9-17(16)19(3,4)5/h6-9,13-15,18,21H,10-12,20H2,1-5H3. The van der Waals surface area contributed by atoms with Gasteiger partial charge in [-0.2, -0.15) is 0 Å². The summed E-state index contributed by atoms with van der Waals surface area (Å²) in [5, 5.41) is 0. The molecule has 0 aliphatic heterocycles. The van der Waals surface area contributed by atoms with Crippen LogP contribution < -0.4 is 11.3 Å². The SMILES string of the molecule is CC1CCC(C(NN)c2ccccc2C(C)(C)C)CC1C. The number of nitrogens with two attached hydrogens (primary N) is 1. The predicted molar refractivity (Wildman–Crippen MR) is 90.9 cm³/mol. The van der Waals surface area contributed by atoms with Gasteiger partial charge < -0.3 is 0 Å². The minimum atomic E-state index is 0.152. The third kappa shape index (κ3) is 3.67. The Morgan fingerprint density at radius 1 is 1.10 bits per heavy atom. The van der Waals surface area contributed by atoms with Crippen molar-refractivity contribution in [2.24, 2.45) is 23.6 Å². The molecule has 118 valence electrons. The summed E-state index contributed by atoms with van der Waals surface area (Å²) >= 11 is 0. The molecule has 3 N–H and O–H groups in total. The third-order valence-corrected chi connectivity index (χ3v) is 5.39. The molecule has 1 aliphatic rings. The molecule has 0 heterocycles. The molecule has 4 unspecified atom stereocenters. The first-order chi connectivity index (χ1) is 9.84. The Morgan fingerprint density at radius 2 is 1.76 bits per heavy atom. The Kier molecular flexibility index (Phi) is 5.11. The van der Waals surface area contributed by atoms with E-state index in [1.807, 2.05) is 0 Å². The van der Waals surface area contributed by atoms with Crippen LogP contribution in [0.15, 0.2) is 24.3 Å². The van der Waals surface area contributed by atoms with Crippen molar-refractivity contribution < 1.29 is 0 Å². The van der Waals surface area contributed by atoms with Crippen molar-refractivity contribution in [1.82, 2.24) is 5.43 Å². The van der Waals surface area contributed by atoms with E-state index < -0.39 is 0 Å². The fourth-order valence-electron chi connectivity index (χ4n) is 3.82. The first-order valence-electron chi connectivity index (χ1n) is 8.40. The first kappa shape index (κ1) is 16.5. The summed E-state index contributed by atoms with van der Waals surface area (Å²) in [6.07, 6.45) is 3.87. The van der Waals surface area contributed by atoms with Crippen molar-refractivity contribution in [1.29, 1.82) is 0 Å². The van der Waals surface area contributed by atoms with Crippen LogP contribution in [-0.2, 0) is 5.41 Å². The third-order valence-electron chi connectivity index (χ3n) is 5.39. The summed E-state index contributed by atoms with van der Waals surface area (Å²) in [7, 11) is 0. The fraction of sp³-hybridized carbons (Fsp3) is 0.684. The largest absolute Gasteiger partial charge is 0.271 e. The highest BCUT2D eigenvalue weighted by Gasteiger charge is 2.32. The lowest BCUT2D eigenvalue weighted by Crippen LogP contribution is -2.38. The summed E-state index contributed by atoms with van der Waals surface area (Å²) < 4.78 is 0. The van der Waals surface area contributed by atoms with E-state index in [0.717, 1.165) is 11.8 Å². The molecule has 0 spiro atoms. The molecule has 0 radical (unpaired) electrons. The van der Waals surface area contributed by atoms with Gasteiger partial charge in [-0.25, -0.2) is 0 Å². The number of hydrogen-bond acceptors (Lipinski definition) is 2. The predicted octanol–water partition coefficient (Wildman–Crippen LogP) is 4.56. The Hall–Kier alpha value is -0.860. The fourth-order valence-corrected chi connectivity index (χ4v) is 3.82. The topological polar surface area (TPSA) is 38.0 Å². The Labute approximate surface area is 130 Å². The summed E-state index contributed by atoms with van der Waals surface area (Å²) in [4.78, 5) is 0. The van der Waals surface area contributed by atoms with Gasteiger partial charge in [0.15, 0.2) is 0 Å². The zero-order chi connectivity index (χ0) is 15.6. The van der Waals surface area contributed by atoms with Crippen molar-refractivity contribution >= 4 is 0 Å². The van der Waals surface area contributed by atoms with Crippen LogP contribution in [0.5, 0.6) is 0 Å². The van der Waals surface area contributed by atoms with Crippen LogP contribution in [0.3, 0.4) is 0 Å². The van der Waals surface area contributed by atoms with Gasteiger partial charge in [0.1, 0.15) is 0 Å². The molecule has 1 aliphatic carbocycles. The highest BCUT2D eigenvalue weighted by molar-refractivity contribution is 5.35. The summed E-state index contributed by atoms with van der Waals surface area (Å²) in [5.41, 5.74) is 6.09. The van der Waals surface area contributed by atoms with Gasteiger partial charge in [0.05, 0.1) is 0 Å². The van der Waals surface area contributed by atoms with Crippen molar-refractivity contribution in [2.75, 3.05) is 0 Å². The van der Waals surface area contributed by atoms with Crippen LogP contribution in [-0.4, -0.2) is 0 Å². The number of hydrogen-bond donors (Lipinski definition) is 2. The van der Waals surface area contributed by atoms with Gasteiger partial charge in [0, 0.05) is 6.04 Å². The van der Waals surface area contributed by atoms with Gasteiger partial charge in [-0.15, -0.1) is 0 Å². The molecule has 0 amide bonds. The lowest BCUT2D eigenvalue weighted by molar-refractivity contribution is 0.170. The van der Waals surface area contributed by atoms with E-state index in [1.165, 1.54) is 30.4 Å². The molecule has 2 rings (SSSR count). The van der Waals surface area contributed by atoms with Gasteiger partial charge in [-0.1, -0.05) is 65.3 Å². The van der Waals surface area contributed by atoms with Crippen molar-refractivity contribution in [3.8, 4) is 0 Å². The van der Waals surface area contributed by atoms with E-state index in [2.05, 4.69) is 64.3 Å². The molecule has 1 aromatic rings. The van der Waals surface area contributed by atoms with Crippen LogP contribution in [0.25, 0.3) is 0 Å². The zero-order valence-electron chi connectivity index (χ0n) is 14.3. The quantitative estimate of drug-likeness (QED) is 0.632. The molecule has 0 aromatic heterocycles. The zero-order valence-corrected chi connectivity index (χ0v) is 14.3. The average Bonchev–Trinajstić information content (AvgIpc) is 2.43. The van der Waals surface area contributed by atoms with Crippen LogP contribution in [0.2, 0.25) is 0 Å². The number of nitrogens with one attached hydrogen (secondary N) is 1. The van der Waals surface area contributed by atoms with E-state index >= 15 is 0 Å². The van der Waals surface area contributed by atoms with Gasteiger partial charge in [-0.3, -0.25) is 11.3 Å². The monoisotopic (exact) mass is 288 g/mol. The van der Waals surface area contributed by atoms with Gasteiger partial charge in [0.2, 0.25) is 0 Å². The Morgan fingerprint density at radius 3 is 2.33 bits per heavy atom. The molecular weight excluding hydrogens is 256 g/mol. The van der Waals surface area contributed by atoms with Crippen molar-refractivity contribution in [3.63, 3.8) is 0 Å². The molecule has 1 fully saturated rings. The molecule has 21 heavy (non-hydrogen) atoms. The van der Waals surface area contributed by atoms with Crippen LogP contribution in [0.4, 0.5) is 0 Å². The second-order valence-electron chi connectivity index (χ2n) is 8.01. The molecule has 1 aromatic carbocycles. The second-order valence-corrected chi connectivity index (χ2v) is 8.01. The smallest absolute Gasteiger partial charge is 0.0491 e.